The summed E-state index contributed by atoms with van der Waals surface area (Å²) in [5.74, 6) is -7.35. The lowest BCUT2D eigenvalue weighted by Gasteiger charge is -2.26. The number of benzene rings is 1. The van der Waals surface area contributed by atoms with Gasteiger partial charge in [0.15, 0.2) is 0 Å². The number of carbonyl (C=O) groups excluding carboxylic acids is 8. The number of nitrogens with one attached hydrogen (secondary N) is 5. The minimum Gasteiger partial charge on any atom is -0.478 e. The van der Waals surface area contributed by atoms with Crippen LogP contribution in [0.25, 0.3) is 0 Å². The fourth-order valence-electron chi connectivity index (χ4n) is 6.52. The lowest BCUT2D eigenvalue weighted by atomic mass is 10.0. The summed E-state index contributed by atoms with van der Waals surface area (Å²) in [6.07, 6.45) is 2.10. The average molecular weight is 959 g/mol. The van der Waals surface area contributed by atoms with Gasteiger partial charge in [-0.15, -0.1) is 11.3 Å². The van der Waals surface area contributed by atoms with Crippen molar-refractivity contribution in [3.05, 3.63) is 58.0 Å². The van der Waals surface area contributed by atoms with E-state index >= 15 is 0 Å². The zero-order chi connectivity index (χ0) is 49.0. The number of aromatic carboxylic acids is 1. The van der Waals surface area contributed by atoms with Crippen LogP contribution in [0, 0.1) is 5.92 Å². The second kappa shape index (κ2) is 26.3. The molecule has 4 rings (SSSR count). The molecule has 25 heteroatoms. The van der Waals surface area contributed by atoms with Crippen molar-refractivity contribution in [2.24, 2.45) is 11.7 Å². The van der Waals surface area contributed by atoms with Gasteiger partial charge in [-0.25, -0.2) is 19.2 Å². The number of nitrogens with zero attached hydrogens (tertiary/aromatic N) is 2. The van der Waals surface area contributed by atoms with E-state index in [2.05, 4.69) is 26.6 Å². The molecule has 2 atom stereocenters. The van der Waals surface area contributed by atoms with Gasteiger partial charge in [0.2, 0.25) is 17.7 Å². The summed E-state index contributed by atoms with van der Waals surface area (Å²) >= 11 is 0.860. The Hall–Kier alpha value is -6.96. The third kappa shape index (κ3) is 16.8. The maximum absolute atomic E-state index is 13.5. The maximum Gasteiger partial charge on any atom is 0.410 e. The van der Waals surface area contributed by atoms with Gasteiger partial charge in [-0.3, -0.25) is 33.7 Å². The van der Waals surface area contributed by atoms with E-state index in [0.717, 1.165) is 16.2 Å². The SMILES string of the molecule is CC(C)[C@H](NC(=O)CCOCCOCCOCCN1C(=O)C=CC1=O)C(=O)N[C@@H](CCCNC(N)=O)C(=O)Nc1ccc(COC(=O)N2CCc3c(sc(NC(=O)C(=O)O)c3C(=O)O)C2)cc1. The second-order valence-corrected chi connectivity index (χ2v) is 16.3. The van der Waals surface area contributed by atoms with E-state index in [1.165, 1.54) is 17.1 Å². The number of anilines is 2. The zero-order valence-electron chi connectivity index (χ0n) is 36.8. The number of nitrogens with two attached hydrogens (primary N) is 1. The number of hydrogen-bond acceptors (Lipinski definition) is 15. The Labute approximate surface area is 387 Å². The lowest BCUT2D eigenvalue weighted by molar-refractivity contribution is -0.147. The first kappa shape index (κ1) is 52.7. The summed E-state index contributed by atoms with van der Waals surface area (Å²) in [5.41, 5.74) is 6.22. The van der Waals surface area contributed by atoms with Crippen molar-refractivity contribution in [3.63, 3.8) is 0 Å². The summed E-state index contributed by atoms with van der Waals surface area (Å²) in [6, 6.07) is 3.43. The summed E-state index contributed by atoms with van der Waals surface area (Å²) in [6.45, 7) is 4.71. The molecule has 1 aromatic heterocycles. The molecule has 24 nitrogen and oxygen atoms in total. The van der Waals surface area contributed by atoms with Gasteiger partial charge in [-0.2, -0.15) is 0 Å². The standard InChI is InChI=1S/C42H54N8O16S/c1-24(2)34(47-30(51)12-16-63-18-20-65-21-19-64-17-15-50-31(52)9-10-32(50)53)36(55)46-28(4-3-13-44-41(43)61)35(54)45-26-7-5-25(6-8-26)23-66-42(62)49-14-11-27-29(22-49)67-38(33(27)39(57)58)48-37(56)40(59)60/h5-10,24,28,34H,3-4,11-23H2,1-2H3,(H,45,54)(H,46,55)(H,47,51)(H,48,56)(H,57,58)(H,59,60)(H3,43,44,61)/t28-,34-/m0/s1. The smallest absolute Gasteiger partial charge is 0.410 e. The van der Waals surface area contributed by atoms with Crippen molar-refractivity contribution in [2.45, 2.75) is 64.8 Å². The topological polar surface area (TPSA) is 341 Å². The van der Waals surface area contributed by atoms with Gasteiger partial charge in [-0.05, 0) is 48.4 Å². The van der Waals surface area contributed by atoms with Gasteiger partial charge < -0.3 is 66.4 Å². The van der Waals surface area contributed by atoms with Crippen LogP contribution in [-0.4, -0.2) is 151 Å². The van der Waals surface area contributed by atoms with Crippen molar-refractivity contribution >= 4 is 81.5 Å². The number of amides is 9. The van der Waals surface area contributed by atoms with Crippen LogP contribution in [0.4, 0.5) is 20.3 Å². The zero-order valence-corrected chi connectivity index (χ0v) is 37.6. The van der Waals surface area contributed by atoms with E-state index < -0.39 is 59.8 Å². The molecule has 0 aliphatic carbocycles. The molecule has 0 fully saturated rings. The monoisotopic (exact) mass is 958 g/mol. The Morgan fingerprint density at radius 2 is 1.48 bits per heavy atom. The molecule has 0 bridgehead atoms. The Balaban J connectivity index is 1.21. The number of hydrogen-bond donors (Lipinski definition) is 8. The average Bonchev–Trinajstić information content (AvgIpc) is 3.81. The van der Waals surface area contributed by atoms with Crippen LogP contribution >= 0.6 is 11.3 Å². The maximum atomic E-state index is 13.5. The van der Waals surface area contributed by atoms with Crippen LogP contribution in [0.2, 0.25) is 0 Å². The minimum atomic E-state index is -1.78. The number of fused-ring (bicyclic) bond motifs is 1. The molecule has 2 aliphatic rings. The Morgan fingerprint density at radius 1 is 0.836 bits per heavy atom. The number of carboxylic acid groups (broad SMARTS) is 2. The molecular formula is C42H54N8O16S. The molecule has 3 heterocycles. The van der Waals surface area contributed by atoms with Crippen molar-refractivity contribution in [2.75, 3.05) is 69.9 Å². The van der Waals surface area contributed by atoms with Crippen LogP contribution in [0.15, 0.2) is 36.4 Å². The number of aliphatic carboxylic acids is 1. The van der Waals surface area contributed by atoms with Crippen molar-refractivity contribution in [3.8, 4) is 0 Å². The van der Waals surface area contributed by atoms with E-state index in [4.69, 9.17) is 29.8 Å². The van der Waals surface area contributed by atoms with Crippen LogP contribution in [0.1, 0.15) is 59.5 Å². The number of thiophene rings is 1. The van der Waals surface area contributed by atoms with E-state index in [-0.39, 0.29) is 126 Å². The van der Waals surface area contributed by atoms with Crippen molar-refractivity contribution in [1.29, 1.82) is 0 Å². The Morgan fingerprint density at radius 3 is 2.09 bits per heavy atom. The van der Waals surface area contributed by atoms with E-state index in [0.29, 0.717) is 21.7 Å². The fraction of sp³-hybridized carbons (Fsp3) is 0.476. The number of imide groups is 1. The highest BCUT2D eigenvalue weighted by Crippen LogP contribution is 2.37. The van der Waals surface area contributed by atoms with Crippen molar-refractivity contribution < 1.29 is 77.1 Å². The number of urea groups is 1. The highest BCUT2D eigenvalue weighted by Gasteiger charge is 2.32. The number of ether oxygens (including phenoxy) is 4. The Kier molecular flexibility index (Phi) is 20.6. The largest absolute Gasteiger partial charge is 0.478 e. The van der Waals surface area contributed by atoms with Gasteiger partial charge in [0.25, 0.3) is 11.8 Å². The first-order valence-corrected chi connectivity index (χ1v) is 21.9. The summed E-state index contributed by atoms with van der Waals surface area (Å²) in [5, 5.41) is 31.1. The minimum absolute atomic E-state index is 0.0315. The number of carboxylic acids is 2. The molecule has 364 valence electrons. The molecule has 0 saturated heterocycles. The normalized spacial score (nSPS) is 14.0. The predicted molar refractivity (Wildman–Crippen MR) is 235 cm³/mol. The third-order valence-electron chi connectivity index (χ3n) is 9.98. The fourth-order valence-corrected chi connectivity index (χ4v) is 7.77. The van der Waals surface area contributed by atoms with Crippen LogP contribution in [-0.2, 0) is 72.1 Å². The number of carbonyl (C=O) groups is 10. The van der Waals surface area contributed by atoms with Crippen LogP contribution < -0.4 is 32.3 Å². The third-order valence-corrected chi connectivity index (χ3v) is 11.1. The van der Waals surface area contributed by atoms with Crippen LogP contribution in [0.5, 0.6) is 0 Å². The van der Waals surface area contributed by atoms with E-state index in [1.54, 1.807) is 38.1 Å². The highest BCUT2D eigenvalue weighted by molar-refractivity contribution is 7.17. The van der Waals surface area contributed by atoms with Gasteiger partial charge in [0.1, 0.15) is 23.7 Å². The lowest BCUT2D eigenvalue weighted by Crippen LogP contribution is -2.54. The molecular weight excluding hydrogens is 905 g/mol. The van der Waals surface area contributed by atoms with Gasteiger partial charge in [0, 0.05) is 42.2 Å². The highest BCUT2D eigenvalue weighted by atomic mass is 32.1. The second-order valence-electron chi connectivity index (χ2n) is 15.2. The molecule has 2 aliphatic heterocycles. The first-order chi connectivity index (χ1) is 31.9. The summed E-state index contributed by atoms with van der Waals surface area (Å²) in [4.78, 5) is 125. The first-order valence-electron chi connectivity index (χ1n) is 21.1. The molecule has 0 saturated carbocycles. The molecule has 1 aromatic carbocycles. The molecule has 9 amide bonds. The van der Waals surface area contributed by atoms with E-state index in [9.17, 15) is 53.1 Å². The number of rotatable bonds is 26. The van der Waals surface area contributed by atoms with Gasteiger partial charge in [-0.1, -0.05) is 26.0 Å². The summed E-state index contributed by atoms with van der Waals surface area (Å²) in [7, 11) is 0. The summed E-state index contributed by atoms with van der Waals surface area (Å²) < 4.78 is 21.7. The molecule has 0 radical (unpaired) electrons. The predicted octanol–water partition coefficient (Wildman–Crippen LogP) is 0.542. The quantitative estimate of drug-likeness (QED) is 0.0362. The number of primary amides is 1. The van der Waals surface area contributed by atoms with Crippen molar-refractivity contribution in [1.82, 2.24) is 25.8 Å². The molecule has 9 N–H and O–H groups in total. The molecule has 67 heavy (non-hydrogen) atoms. The molecule has 0 unspecified atom stereocenters. The van der Waals surface area contributed by atoms with Gasteiger partial charge in [0.05, 0.1) is 58.3 Å². The van der Waals surface area contributed by atoms with Gasteiger partial charge >= 0.3 is 30.0 Å². The Bertz CT molecular complexity index is 2160. The van der Waals surface area contributed by atoms with Crippen LogP contribution in [0.3, 0.4) is 0 Å². The van der Waals surface area contributed by atoms with E-state index in [1.807, 2.05) is 0 Å². The molecule has 2 aromatic rings. The molecule has 0 spiro atoms.